The van der Waals surface area contributed by atoms with Crippen LogP contribution in [0.25, 0.3) is 11.3 Å². The molecule has 0 atom stereocenters. The number of hydrogen-bond acceptors (Lipinski definition) is 4. The van der Waals surface area contributed by atoms with E-state index in [1.54, 1.807) is 36.5 Å². The fraction of sp³-hybridized carbons (Fsp3) is 0.0952. The number of rotatable bonds is 4. The Labute approximate surface area is 164 Å². The number of hydrogen-bond donors (Lipinski definition) is 0. The van der Waals surface area contributed by atoms with Crippen molar-refractivity contribution in [3.63, 3.8) is 0 Å². The minimum Gasteiger partial charge on any atom is -0.323 e. The Kier molecular flexibility index (Phi) is 4.87. The molecule has 144 valence electrons. The standard InChI is InChI=1S/C21H14F3N5/c22-15-7-5-14(6-8-15)20-21(28(13-26-20)12-19(23)24)18-10-9-16-3-1-2-4-17(11-25)29(16)27-18/h1-10,13,19H,12H2. The number of benzene rings is 1. The molecule has 1 aromatic heterocycles. The molecule has 0 N–H and O–H groups in total. The first-order valence-corrected chi connectivity index (χ1v) is 8.72. The van der Waals surface area contributed by atoms with Gasteiger partial charge in [-0.2, -0.15) is 10.4 Å². The maximum atomic E-state index is 13.3. The largest absolute Gasteiger partial charge is 0.323 e. The van der Waals surface area contributed by atoms with Crippen molar-refractivity contribution in [2.45, 2.75) is 13.0 Å². The third kappa shape index (κ3) is 3.62. The van der Waals surface area contributed by atoms with Gasteiger partial charge in [0.1, 0.15) is 23.3 Å². The van der Waals surface area contributed by atoms with Crippen LogP contribution in [-0.2, 0) is 6.54 Å². The van der Waals surface area contributed by atoms with E-state index in [9.17, 15) is 18.4 Å². The highest BCUT2D eigenvalue weighted by molar-refractivity contribution is 6.11. The predicted octanol–water partition coefficient (Wildman–Crippen LogP) is 4.39. The lowest BCUT2D eigenvalue weighted by Gasteiger charge is -2.23. The van der Waals surface area contributed by atoms with Gasteiger partial charge in [0.15, 0.2) is 0 Å². The monoisotopic (exact) mass is 393 g/mol. The van der Waals surface area contributed by atoms with E-state index >= 15 is 0 Å². The molecule has 0 radical (unpaired) electrons. The van der Waals surface area contributed by atoms with Gasteiger partial charge in [-0.1, -0.05) is 12.2 Å². The zero-order valence-electron chi connectivity index (χ0n) is 15.0. The molecule has 0 bridgehead atoms. The van der Waals surface area contributed by atoms with Crippen LogP contribution in [0.15, 0.2) is 83.5 Å². The van der Waals surface area contributed by atoms with Gasteiger partial charge in [-0.25, -0.2) is 23.2 Å². The number of hydrazone groups is 1. The average Bonchev–Trinajstić information content (AvgIpc) is 3.00. The third-order valence-corrected chi connectivity index (χ3v) is 4.37. The maximum Gasteiger partial charge on any atom is 0.256 e. The second-order valence-corrected chi connectivity index (χ2v) is 6.26. The van der Waals surface area contributed by atoms with E-state index in [1.807, 2.05) is 0 Å². The van der Waals surface area contributed by atoms with Crippen molar-refractivity contribution in [1.82, 2.24) is 14.6 Å². The molecule has 0 aliphatic carbocycles. The van der Waals surface area contributed by atoms with Crippen LogP contribution in [-0.4, -0.2) is 26.7 Å². The normalized spacial score (nSPS) is 15.4. The molecule has 3 heterocycles. The van der Waals surface area contributed by atoms with E-state index in [4.69, 9.17) is 0 Å². The minimum atomic E-state index is -2.59. The highest BCUT2D eigenvalue weighted by Crippen LogP contribution is 2.28. The first-order chi connectivity index (χ1) is 14.1. The molecule has 0 fully saturated rings. The van der Waals surface area contributed by atoms with Crippen LogP contribution in [0.4, 0.5) is 13.2 Å². The van der Waals surface area contributed by atoms with Crippen molar-refractivity contribution in [3.8, 4) is 17.3 Å². The zero-order chi connectivity index (χ0) is 20.4. The summed E-state index contributed by atoms with van der Waals surface area (Å²) in [7, 11) is 0. The molecule has 0 saturated carbocycles. The van der Waals surface area contributed by atoms with Crippen molar-refractivity contribution in [2.75, 3.05) is 0 Å². The van der Waals surface area contributed by atoms with Crippen molar-refractivity contribution in [2.24, 2.45) is 5.10 Å². The Morgan fingerprint density at radius 1 is 1.07 bits per heavy atom. The van der Waals surface area contributed by atoms with Gasteiger partial charge in [-0.3, -0.25) is 0 Å². The van der Waals surface area contributed by atoms with Crippen molar-refractivity contribution < 1.29 is 13.2 Å². The number of alkyl halides is 2. The fourth-order valence-electron chi connectivity index (χ4n) is 3.09. The molecular weight excluding hydrogens is 379 g/mol. The van der Waals surface area contributed by atoms with Crippen molar-refractivity contribution in [1.29, 1.82) is 5.26 Å². The Hall–Kier alpha value is -3.86. The molecular formula is C21H14F3N5. The third-order valence-electron chi connectivity index (χ3n) is 4.37. The van der Waals surface area contributed by atoms with Gasteiger partial charge in [0.25, 0.3) is 6.43 Å². The van der Waals surface area contributed by atoms with Crippen LogP contribution in [0.3, 0.4) is 0 Å². The lowest BCUT2D eigenvalue weighted by atomic mass is 10.1. The van der Waals surface area contributed by atoms with Gasteiger partial charge in [-0.15, -0.1) is 0 Å². The summed E-state index contributed by atoms with van der Waals surface area (Å²) in [6.07, 6.45) is 9.05. The fourth-order valence-corrected chi connectivity index (χ4v) is 3.09. The molecule has 0 amide bonds. The van der Waals surface area contributed by atoms with Crippen LogP contribution >= 0.6 is 0 Å². The molecule has 1 aromatic carbocycles. The molecule has 2 aliphatic heterocycles. The average molecular weight is 393 g/mol. The molecule has 0 unspecified atom stereocenters. The topological polar surface area (TPSA) is 57.2 Å². The van der Waals surface area contributed by atoms with Gasteiger partial charge in [0, 0.05) is 5.56 Å². The summed E-state index contributed by atoms with van der Waals surface area (Å²) in [6.45, 7) is -0.568. The lowest BCUT2D eigenvalue weighted by Crippen LogP contribution is -2.22. The molecule has 29 heavy (non-hydrogen) atoms. The van der Waals surface area contributed by atoms with Crippen LogP contribution in [0, 0.1) is 17.1 Å². The second-order valence-electron chi connectivity index (χ2n) is 6.26. The van der Waals surface area contributed by atoms with Crippen molar-refractivity contribution in [3.05, 3.63) is 90.0 Å². The summed E-state index contributed by atoms with van der Waals surface area (Å²) in [5.41, 5.74) is 2.65. The van der Waals surface area contributed by atoms with Crippen LogP contribution in [0.2, 0.25) is 0 Å². The number of nitriles is 1. The molecule has 2 aliphatic rings. The number of halogens is 3. The summed E-state index contributed by atoms with van der Waals surface area (Å²) in [5, 5.41) is 15.4. The highest BCUT2D eigenvalue weighted by atomic mass is 19.3. The van der Waals surface area contributed by atoms with E-state index in [0.717, 1.165) is 0 Å². The molecule has 0 spiro atoms. The predicted molar refractivity (Wildman–Crippen MR) is 102 cm³/mol. The molecule has 0 saturated heterocycles. The Balaban J connectivity index is 1.85. The molecule has 4 rings (SSSR count). The first kappa shape index (κ1) is 18.5. The van der Waals surface area contributed by atoms with Gasteiger partial charge in [0.2, 0.25) is 0 Å². The van der Waals surface area contributed by atoms with E-state index in [0.29, 0.717) is 28.4 Å². The minimum absolute atomic E-state index is 0.287. The second kappa shape index (κ2) is 7.64. The molecule has 2 aromatic rings. The Bertz CT molecular complexity index is 1130. The Morgan fingerprint density at radius 2 is 1.83 bits per heavy atom. The molecule has 5 nitrogen and oxygen atoms in total. The summed E-state index contributed by atoms with van der Waals surface area (Å²) in [6, 6.07) is 7.70. The Morgan fingerprint density at radius 3 is 2.55 bits per heavy atom. The van der Waals surface area contributed by atoms with E-state index in [2.05, 4.69) is 16.2 Å². The SMILES string of the molecule is N#CC1=CC=CC=C2C=CC(c3c(-c4ccc(F)cc4)ncn3CC(F)F)=NN12. The van der Waals surface area contributed by atoms with E-state index < -0.39 is 18.8 Å². The number of aromatic nitrogens is 2. The van der Waals surface area contributed by atoms with Crippen LogP contribution in [0.5, 0.6) is 0 Å². The van der Waals surface area contributed by atoms with Gasteiger partial charge in [0.05, 0.1) is 30.0 Å². The summed E-state index contributed by atoms with van der Waals surface area (Å²) in [5.74, 6) is -0.409. The summed E-state index contributed by atoms with van der Waals surface area (Å²) in [4.78, 5) is 4.27. The zero-order valence-corrected chi connectivity index (χ0v) is 15.0. The number of nitrogens with zero attached hydrogens (tertiary/aromatic N) is 5. The van der Waals surface area contributed by atoms with Crippen LogP contribution < -0.4 is 0 Å². The van der Waals surface area contributed by atoms with Crippen molar-refractivity contribution >= 4 is 5.71 Å². The van der Waals surface area contributed by atoms with Gasteiger partial charge < -0.3 is 4.57 Å². The first-order valence-electron chi connectivity index (χ1n) is 8.72. The maximum absolute atomic E-state index is 13.3. The smallest absolute Gasteiger partial charge is 0.256 e. The number of imidazole rings is 1. The highest BCUT2D eigenvalue weighted by Gasteiger charge is 2.24. The number of fused-ring (bicyclic) bond motifs is 1. The quantitative estimate of drug-likeness (QED) is 0.774. The van der Waals surface area contributed by atoms with Gasteiger partial charge in [-0.05, 0) is 48.6 Å². The van der Waals surface area contributed by atoms with Gasteiger partial charge >= 0.3 is 0 Å². The number of allylic oxidation sites excluding steroid dienone is 7. The molecule has 8 heteroatoms. The summed E-state index contributed by atoms with van der Waals surface area (Å²) < 4.78 is 40.9. The van der Waals surface area contributed by atoms with E-state index in [1.165, 1.54) is 40.2 Å². The summed E-state index contributed by atoms with van der Waals surface area (Å²) >= 11 is 0. The van der Waals surface area contributed by atoms with Crippen LogP contribution in [0.1, 0.15) is 5.69 Å². The lowest BCUT2D eigenvalue weighted by molar-refractivity contribution is 0.126. The van der Waals surface area contributed by atoms with E-state index in [-0.39, 0.29) is 5.70 Å².